The molecule has 0 aliphatic carbocycles. The van der Waals surface area contributed by atoms with Gasteiger partial charge in [-0.15, -0.1) is 0 Å². The van der Waals surface area contributed by atoms with E-state index in [2.05, 4.69) is 5.32 Å². The molecule has 4 N–H and O–H groups in total. The Morgan fingerprint density at radius 1 is 1.20 bits per heavy atom. The van der Waals surface area contributed by atoms with Crippen LogP contribution in [0.2, 0.25) is 0 Å². The van der Waals surface area contributed by atoms with Crippen molar-refractivity contribution in [2.45, 2.75) is 26.8 Å². The number of primary amides is 1. The summed E-state index contributed by atoms with van der Waals surface area (Å²) in [7, 11) is 0. The van der Waals surface area contributed by atoms with Crippen molar-refractivity contribution in [3.63, 3.8) is 0 Å². The number of aliphatic carboxylic acids is 1. The van der Waals surface area contributed by atoms with Crippen molar-refractivity contribution in [1.82, 2.24) is 5.32 Å². The minimum Gasteiger partial charge on any atom is -0.478 e. The van der Waals surface area contributed by atoms with Crippen LogP contribution in [0.1, 0.15) is 20.8 Å². The fourth-order valence-corrected chi connectivity index (χ4v) is 0.707. The summed E-state index contributed by atoms with van der Waals surface area (Å²) in [5.74, 6) is -2.46. The summed E-state index contributed by atoms with van der Waals surface area (Å²) in [4.78, 5) is 32.5. The number of carboxylic acids is 1. The minimum absolute atomic E-state index is 0.0515. The van der Waals surface area contributed by atoms with Crippen LogP contribution in [0, 0.1) is 0 Å². The Labute approximate surface area is 87.1 Å². The largest absolute Gasteiger partial charge is 0.478 e. The summed E-state index contributed by atoms with van der Waals surface area (Å²) in [6.45, 7) is 4.10. The zero-order chi connectivity index (χ0) is 12.2. The van der Waals surface area contributed by atoms with E-state index in [1.54, 1.807) is 0 Å². The van der Waals surface area contributed by atoms with E-state index in [0.717, 1.165) is 0 Å². The molecule has 0 radical (unpaired) electrons. The average Bonchev–Trinajstić information content (AvgIpc) is 2.14. The topological polar surface area (TPSA) is 109 Å². The van der Waals surface area contributed by atoms with Gasteiger partial charge in [0.1, 0.15) is 6.04 Å². The monoisotopic (exact) mass is 214 g/mol. The summed E-state index contributed by atoms with van der Waals surface area (Å²) in [5.41, 5.74) is 4.92. The summed E-state index contributed by atoms with van der Waals surface area (Å²) < 4.78 is 0. The van der Waals surface area contributed by atoms with Gasteiger partial charge in [0.25, 0.3) is 0 Å². The van der Waals surface area contributed by atoms with Crippen LogP contribution in [0.3, 0.4) is 0 Å². The van der Waals surface area contributed by atoms with Gasteiger partial charge >= 0.3 is 5.97 Å². The van der Waals surface area contributed by atoms with Gasteiger partial charge in [0.15, 0.2) is 0 Å². The Bertz CT molecular complexity index is 333. The third-order valence-electron chi connectivity index (χ3n) is 2.00. The summed E-state index contributed by atoms with van der Waals surface area (Å²) in [5, 5.41) is 10.9. The number of carbonyl (C=O) groups is 3. The molecule has 0 aliphatic rings. The second kappa shape index (κ2) is 5.14. The van der Waals surface area contributed by atoms with Gasteiger partial charge in [-0.3, -0.25) is 9.59 Å². The molecule has 6 nitrogen and oxygen atoms in total. The number of amides is 2. The van der Waals surface area contributed by atoms with Crippen molar-refractivity contribution < 1.29 is 19.5 Å². The Hall–Kier alpha value is -1.85. The highest BCUT2D eigenvalue weighted by Gasteiger charge is 2.16. The fourth-order valence-electron chi connectivity index (χ4n) is 0.707. The molecule has 0 heterocycles. The fraction of sp³-hybridized carbons (Fsp3) is 0.444. The predicted octanol–water partition coefficient (Wildman–Crippen LogP) is -0.603. The molecule has 0 bridgehead atoms. The summed E-state index contributed by atoms with van der Waals surface area (Å²) in [6.07, 6.45) is 0. The maximum atomic E-state index is 11.4. The van der Waals surface area contributed by atoms with Gasteiger partial charge in [0.05, 0.1) is 0 Å². The van der Waals surface area contributed by atoms with Gasteiger partial charge < -0.3 is 16.2 Å². The van der Waals surface area contributed by atoms with E-state index in [0.29, 0.717) is 0 Å². The van der Waals surface area contributed by atoms with E-state index >= 15 is 0 Å². The van der Waals surface area contributed by atoms with Crippen molar-refractivity contribution in [3.05, 3.63) is 11.1 Å². The molecule has 1 unspecified atom stereocenters. The van der Waals surface area contributed by atoms with Crippen LogP contribution < -0.4 is 11.1 Å². The second-order valence-corrected chi connectivity index (χ2v) is 3.15. The molecule has 0 aromatic heterocycles. The lowest BCUT2D eigenvalue weighted by Gasteiger charge is -2.10. The molecule has 0 aliphatic heterocycles. The Morgan fingerprint density at radius 3 is 2.00 bits per heavy atom. The van der Waals surface area contributed by atoms with Crippen LogP contribution in [0.4, 0.5) is 0 Å². The molecule has 6 heteroatoms. The van der Waals surface area contributed by atoms with Crippen molar-refractivity contribution in [2.75, 3.05) is 0 Å². The molecule has 2 amide bonds. The minimum atomic E-state index is -1.17. The molecule has 15 heavy (non-hydrogen) atoms. The summed E-state index contributed by atoms with van der Waals surface area (Å²) >= 11 is 0. The first kappa shape index (κ1) is 13.2. The number of rotatable bonds is 4. The standard InChI is InChI=1S/C9H14N2O4/c1-4(5(2)9(14)15)8(13)11-6(3)7(10)12/h6H,1-3H3,(H2,10,12)(H,11,13)(H,14,15). The van der Waals surface area contributed by atoms with Crippen molar-refractivity contribution in [3.8, 4) is 0 Å². The van der Waals surface area contributed by atoms with Gasteiger partial charge in [-0.25, -0.2) is 4.79 Å². The zero-order valence-electron chi connectivity index (χ0n) is 8.83. The zero-order valence-corrected chi connectivity index (χ0v) is 8.83. The van der Waals surface area contributed by atoms with Gasteiger partial charge in [0.2, 0.25) is 11.8 Å². The van der Waals surface area contributed by atoms with Gasteiger partial charge in [-0.2, -0.15) is 0 Å². The Kier molecular flexibility index (Phi) is 4.50. The van der Waals surface area contributed by atoms with Crippen LogP contribution >= 0.6 is 0 Å². The molecule has 0 aromatic rings. The molecule has 0 fully saturated rings. The first-order chi connectivity index (χ1) is 6.77. The van der Waals surface area contributed by atoms with E-state index < -0.39 is 23.8 Å². The number of carboxylic acid groups (broad SMARTS) is 1. The second-order valence-electron chi connectivity index (χ2n) is 3.15. The maximum absolute atomic E-state index is 11.4. The molecule has 0 saturated carbocycles. The van der Waals surface area contributed by atoms with E-state index in [1.807, 2.05) is 0 Å². The smallest absolute Gasteiger partial charge is 0.331 e. The number of carbonyl (C=O) groups excluding carboxylic acids is 2. The lowest BCUT2D eigenvalue weighted by atomic mass is 10.1. The normalized spacial score (nSPS) is 13.8. The van der Waals surface area contributed by atoms with Gasteiger partial charge in [-0.05, 0) is 20.8 Å². The Morgan fingerprint density at radius 2 is 1.67 bits per heavy atom. The molecule has 0 aromatic carbocycles. The quantitative estimate of drug-likeness (QED) is 0.542. The SMILES string of the molecule is CC(C(=O)O)=C(C)C(=O)NC(C)C(N)=O. The molecule has 0 rings (SSSR count). The van der Waals surface area contributed by atoms with Crippen LogP contribution in [-0.4, -0.2) is 28.9 Å². The van der Waals surface area contributed by atoms with Gasteiger partial charge in [0, 0.05) is 11.1 Å². The first-order valence-electron chi connectivity index (χ1n) is 4.28. The molecular weight excluding hydrogens is 200 g/mol. The summed E-state index contributed by atoms with van der Waals surface area (Å²) in [6, 6.07) is -0.825. The van der Waals surface area contributed by atoms with Crippen LogP contribution in [0.25, 0.3) is 0 Å². The highest BCUT2D eigenvalue weighted by atomic mass is 16.4. The first-order valence-corrected chi connectivity index (χ1v) is 4.28. The molecule has 84 valence electrons. The van der Waals surface area contributed by atoms with Crippen molar-refractivity contribution in [2.24, 2.45) is 5.73 Å². The average molecular weight is 214 g/mol. The molecule has 1 atom stereocenters. The Balaban J connectivity index is 4.68. The van der Waals surface area contributed by atoms with E-state index in [4.69, 9.17) is 10.8 Å². The van der Waals surface area contributed by atoms with E-state index in [-0.39, 0.29) is 11.1 Å². The number of hydrogen-bond acceptors (Lipinski definition) is 3. The lowest BCUT2D eigenvalue weighted by Crippen LogP contribution is -2.42. The van der Waals surface area contributed by atoms with Crippen LogP contribution in [0.5, 0.6) is 0 Å². The van der Waals surface area contributed by atoms with Crippen molar-refractivity contribution in [1.29, 1.82) is 0 Å². The van der Waals surface area contributed by atoms with Crippen LogP contribution in [0.15, 0.2) is 11.1 Å². The van der Waals surface area contributed by atoms with Gasteiger partial charge in [-0.1, -0.05) is 0 Å². The van der Waals surface area contributed by atoms with E-state index in [9.17, 15) is 14.4 Å². The third kappa shape index (κ3) is 3.80. The number of nitrogens with two attached hydrogens (primary N) is 1. The highest BCUT2D eigenvalue weighted by Crippen LogP contribution is 2.03. The lowest BCUT2D eigenvalue weighted by molar-refractivity contribution is -0.133. The highest BCUT2D eigenvalue weighted by molar-refractivity contribution is 6.02. The molecule has 0 saturated heterocycles. The number of nitrogens with one attached hydrogen (secondary N) is 1. The van der Waals surface area contributed by atoms with E-state index in [1.165, 1.54) is 20.8 Å². The molecular formula is C9H14N2O4. The predicted molar refractivity (Wildman–Crippen MR) is 52.8 cm³/mol. The maximum Gasteiger partial charge on any atom is 0.331 e. The number of hydrogen-bond donors (Lipinski definition) is 3. The van der Waals surface area contributed by atoms with Crippen molar-refractivity contribution >= 4 is 17.8 Å². The van der Waals surface area contributed by atoms with Crippen LogP contribution in [-0.2, 0) is 14.4 Å². The molecule has 0 spiro atoms. The third-order valence-corrected chi connectivity index (χ3v) is 2.00.